The lowest BCUT2D eigenvalue weighted by Gasteiger charge is -2.07. The summed E-state index contributed by atoms with van der Waals surface area (Å²) < 4.78 is 0. The molecule has 1 rings (SSSR count). The van der Waals surface area contributed by atoms with Gasteiger partial charge in [-0.3, -0.25) is 19.2 Å². The molecule has 0 fully saturated rings. The first kappa shape index (κ1) is 23.0. The molecule has 0 bridgehead atoms. The van der Waals surface area contributed by atoms with Crippen LogP contribution in [0.2, 0.25) is 0 Å². The quantitative estimate of drug-likeness (QED) is 0.251. The molecular weight excluding hydrogens is 346 g/mol. The molecule has 10 heteroatoms. The summed E-state index contributed by atoms with van der Waals surface area (Å²) in [6.45, 7) is 0. The second kappa shape index (κ2) is 11.6. The number of aliphatic carboxylic acids is 3. The Morgan fingerprint density at radius 1 is 0.923 bits per heavy atom. The van der Waals surface area contributed by atoms with Gasteiger partial charge in [0.05, 0.1) is 0 Å². The van der Waals surface area contributed by atoms with E-state index < -0.39 is 30.0 Å². The van der Waals surface area contributed by atoms with Crippen molar-refractivity contribution in [1.29, 1.82) is 0 Å². The molecular formula is C16H23N3O7. The van der Waals surface area contributed by atoms with E-state index in [1.165, 1.54) is 0 Å². The van der Waals surface area contributed by atoms with Gasteiger partial charge in [0.15, 0.2) is 5.78 Å². The number of ketones is 1. The van der Waals surface area contributed by atoms with Crippen molar-refractivity contribution in [2.75, 3.05) is 5.73 Å². The minimum atomic E-state index is -1.20. The van der Waals surface area contributed by atoms with Gasteiger partial charge < -0.3 is 32.5 Å². The summed E-state index contributed by atoms with van der Waals surface area (Å²) in [7, 11) is 0. The fourth-order valence-electron chi connectivity index (χ4n) is 1.74. The first-order chi connectivity index (χ1) is 12.1. The average Bonchev–Trinajstić information content (AvgIpc) is 2.55. The van der Waals surface area contributed by atoms with Crippen LogP contribution in [-0.4, -0.2) is 51.1 Å². The molecule has 10 nitrogen and oxygen atoms in total. The molecule has 2 atom stereocenters. The number of carboxylic acid groups (broad SMARTS) is 3. The van der Waals surface area contributed by atoms with Crippen LogP contribution in [0.3, 0.4) is 0 Å². The third kappa shape index (κ3) is 9.35. The van der Waals surface area contributed by atoms with Gasteiger partial charge in [0.2, 0.25) is 0 Å². The Hall–Kier alpha value is -2.98. The Morgan fingerprint density at radius 2 is 1.46 bits per heavy atom. The van der Waals surface area contributed by atoms with E-state index >= 15 is 0 Å². The minimum absolute atomic E-state index is 0.0268. The van der Waals surface area contributed by atoms with Gasteiger partial charge in [-0.25, -0.2) is 0 Å². The third-order valence-corrected chi connectivity index (χ3v) is 3.21. The number of carbonyl (C=O) groups is 4. The standard InChI is InChI=1S/C10H12N2O3.C6H11NO4/c11-7-4-2-1-3-6(7)9(13)5-8(12)10(14)15;7-4(6(10)11)2-1-3-5(8)9/h1-4,8H,5,11-12H2,(H,14,15);4H,1-3,7H2,(H,8,9)(H,10,11)/t8-;/m0./s1. The molecule has 0 aromatic heterocycles. The number of nitrogens with two attached hydrogens (primary N) is 3. The van der Waals surface area contributed by atoms with Crippen molar-refractivity contribution < 1.29 is 34.5 Å². The number of para-hydroxylation sites is 1. The third-order valence-electron chi connectivity index (χ3n) is 3.21. The number of hydrogen-bond donors (Lipinski definition) is 6. The molecule has 1 aromatic carbocycles. The molecule has 0 aliphatic heterocycles. The Bertz CT molecular complexity index is 648. The molecule has 9 N–H and O–H groups in total. The van der Waals surface area contributed by atoms with Crippen molar-refractivity contribution in [3.63, 3.8) is 0 Å². The fraction of sp³-hybridized carbons (Fsp3) is 0.375. The van der Waals surface area contributed by atoms with Crippen molar-refractivity contribution in [2.45, 2.75) is 37.8 Å². The number of nitrogen functional groups attached to an aromatic ring is 1. The molecule has 0 amide bonds. The molecule has 26 heavy (non-hydrogen) atoms. The summed E-state index contributed by atoms with van der Waals surface area (Å²) in [5.74, 6) is -3.57. The van der Waals surface area contributed by atoms with Gasteiger partial charge in [-0.1, -0.05) is 12.1 Å². The van der Waals surface area contributed by atoms with Crippen LogP contribution in [-0.2, 0) is 14.4 Å². The lowest BCUT2D eigenvalue weighted by atomic mass is 10.0. The first-order valence-electron chi connectivity index (χ1n) is 7.62. The normalized spacial score (nSPS) is 12.2. The highest BCUT2D eigenvalue weighted by molar-refractivity contribution is 6.02. The summed E-state index contributed by atoms with van der Waals surface area (Å²) in [5, 5.41) is 25.0. The monoisotopic (exact) mass is 369 g/mol. The fourth-order valence-corrected chi connectivity index (χ4v) is 1.74. The zero-order valence-corrected chi connectivity index (χ0v) is 14.0. The van der Waals surface area contributed by atoms with Gasteiger partial charge in [-0.2, -0.15) is 0 Å². The van der Waals surface area contributed by atoms with E-state index in [1.807, 2.05) is 0 Å². The zero-order chi connectivity index (χ0) is 20.3. The number of carbonyl (C=O) groups excluding carboxylic acids is 1. The number of carboxylic acids is 3. The van der Waals surface area contributed by atoms with Crippen LogP contribution in [0.25, 0.3) is 0 Å². The van der Waals surface area contributed by atoms with Crippen molar-refractivity contribution >= 4 is 29.4 Å². The molecule has 0 heterocycles. The molecule has 144 valence electrons. The van der Waals surface area contributed by atoms with E-state index in [2.05, 4.69) is 0 Å². The van der Waals surface area contributed by atoms with E-state index in [0.717, 1.165) is 0 Å². The van der Waals surface area contributed by atoms with Crippen LogP contribution in [0.4, 0.5) is 5.69 Å². The minimum Gasteiger partial charge on any atom is -0.481 e. The maximum Gasteiger partial charge on any atom is 0.320 e. The van der Waals surface area contributed by atoms with Crippen LogP contribution >= 0.6 is 0 Å². The predicted molar refractivity (Wildman–Crippen MR) is 92.5 cm³/mol. The SMILES string of the molecule is NC(CCCC(=O)O)C(=O)O.Nc1ccccc1C(=O)C[C@H](N)C(=O)O. The van der Waals surface area contributed by atoms with Gasteiger partial charge in [-0.05, 0) is 25.0 Å². The summed E-state index contributed by atoms with van der Waals surface area (Å²) in [6, 6.07) is 4.37. The van der Waals surface area contributed by atoms with E-state index in [9.17, 15) is 19.2 Å². The Kier molecular flexibility index (Phi) is 10.2. The Morgan fingerprint density at radius 3 is 1.92 bits per heavy atom. The Labute approximate surface area is 149 Å². The highest BCUT2D eigenvalue weighted by Crippen LogP contribution is 2.13. The predicted octanol–water partition coefficient (Wildman–Crippen LogP) is -0.0933. The number of Topliss-reactive ketones (excluding diaryl/α,β-unsaturated/α-hetero) is 1. The summed E-state index contributed by atoms with van der Waals surface area (Å²) in [5.41, 5.74) is 16.6. The second-order valence-electron chi connectivity index (χ2n) is 5.39. The van der Waals surface area contributed by atoms with Gasteiger partial charge >= 0.3 is 17.9 Å². The van der Waals surface area contributed by atoms with Crippen molar-refractivity contribution in [2.24, 2.45) is 11.5 Å². The zero-order valence-electron chi connectivity index (χ0n) is 14.0. The van der Waals surface area contributed by atoms with Crippen LogP contribution in [0, 0.1) is 0 Å². The molecule has 0 aliphatic rings. The lowest BCUT2D eigenvalue weighted by molar-refractivity contribution is -0.140. The molecule has 0 radical (unpaired) electrons. The molecule has 0 saturated heterocycles. The molecule has 1 aromatic rings. The lowest BCUT2D eigenvalue weighted by Crippen LogP contribution is -2.32. The van der Waals surface area contributed by atoms with Crippen LogP contribution in [0.5, 0.6) is 0 Å². The van der Waals surface area contributed by atoms with Crippen molar-refractivity contribution in [3.05, 3.63) is 29.8 Å². The first-order valence-corrected chi connectivity index (χ1v) is 7.62. The summed E-state index contributed by atoms with van der Waals surface area (Å²) in [4.78, 5) is 42.1. The Balaban J connectivity index is 0.000000508. The molecule has 0 aliphatic carbocycles. The van der Waals surface area contributed by atoms with E-state index in [0.29, 0.717) is 17.7 Å². The van der Waals surface area contributed by atoms with Crippen molar-refractivity contribution in [3.8, 4) is 0 Å². The number of benzene rings is 1. The largest absolute Gasteiger partial charge is 0.481 e. The number of rotatable bonds is 9. The number of hydrogen-bond acceptors (Lipinski definition) is 7. The van der Waals surface area contributed by atoms with Gasteiger partial charge in [0, 0.05) is 24.1 Å². The molecule has 1 unspecified atom stereocenters. The van der Waals surface area contributed by atoms with E-state index in [1.54, 1.807) is 24.3 Å². The van der Waals surface area contributed by atoms with Gasteiger partial charge in [0.1, 0.15) is 12.1 Å². The van der Waals surface area contributed by atoms with Crippen LogP contribution in [0.15, 0.2) is 24.3 Å². The average molecular weight is 369 g/mol. The number of anilines is 1. The molecule has 0 saturated carbocycles. The van der Waals surface area contributed by atoms with Gasteiger partial charge in [-0.15, -0.1) is 0 Å². The van der Waals surface area contributed by atoms with Crippen LogP contribution in [0.1, 0.15) is 36.0 Å². The highest BCUT2D eigenvalue weighted by atomic mass is 16.4. The van der Waals surface area contributed by atoms with Gasteiger partial charge in [0.25, 0.3) is 0 Å². The maximum atomic E-state index is 11.6. The van der Waals surface area contributed by atoms with E-state index in [4.69, 9.17) is 32.5 Å². The van der Waals surface area contributed by atoms with E-state index in [-0.39, 0.29) is 25.0 Å². The topological polar surface area (TPSA) is 207 Å². The smallest absolute Gasteiger partial charge is 0.320 e. The second-order valence-corrected chi connectivity index (χ2v) is 5.39. The van der Waals surface area contributed by atoms with Crippen molar-refractivity contribution in [1.82, 2.24) is 0 Å². The molecule has 0 spiro atoms. The highest BCUT2D eigenvalue weighted by Gasteiger charge is 2.18. The summed E-state index contributed by atoms with van der Waals surface area (Å²) >= 11 is 0. The summed E-state index contributed by atoms with van der Waals surface area (Å²) in [6.07, 6.45) is 0.245. The van der Waals surface area contributed by atoms with Crippen LogP contribution < -0.4 is 17.2 Å². The maximum absolute atomic E-state index is 11.6.